The SMILES string of the molecule is CCCCCCCCCCNCc1ccc(-c2ccccn2)s1. The van der Waals surface area contributed by atoms with Gasteiger partial charge in [-0.25, -0.2) is 0 Å². The van der Waals surface area contributed by atoms with E-state index in [2.05, 4.69) is 35.4 Å². The Morgan fingerprint density at radius 1 is 0.913 bits per heavy atom. The zero-order valence-corrected chi connectivity index (χ0v) is 15.2. The fraction of sp³-hybridized carbons (Fsp3) is 0.550. The molecule has 2 aromatic heterocycles. The molecule has 0 saturated carbocycles. The van der Waals surface area contributed by atoms with Gasteiger partial charge in [0, 0.05) is 17.6 Å². The molecular weight excluding hydrogens is 300 g/mol. The maximum absolute atomic E-state index is 4.41. The summed E-state index contributed by atoms with van der Waals surface area (Å²) in [6.07, 6.45) is 12.9. The van der Waals surface area contributed by atoms with E-state index >= 15 is 0 Å². The van der Waals surface area contributed by atoms with Crippen LogP contribution in [0.5, 0.6) is 0 Å². The van der Waals surface area contributed by atoms with Crippen molar-refractivity contribution in [3.05, 3.63) is 41.4 Å². The fourth-order valence-electron chi connectivity index (χ4n) is 2.71. The number of thiophene rings is 1. The van der Waals surface area contributed by atoms with Crippen LogP contribution in [-0.4, -0.2) is 11.5 Å². The molecule has 0 aliphatic heterocycles. The summed E-state index contributed by atoms with van der Waals surface area (Å²) < 4.78 is 0. The lowest BCUT2D eigenvalue weighted by atomic mass is 10.1. The van der Waals surface area contributed by atoms with Crippen molar-refractivity contribution in [1.29, 1.82) is 0 Å². The normalized spacial score (nSPS) is 11.0. The Morgan fingerprint density at radius 2 is 1.70 bits per heavy atom. The summed E-state index contributed by atoms with van der Waals surface area (Å²) in [5, 5.41) is 3.57. The van der Waals surface area contributed by atoms with Crippen LogP contribution in [-0.2, 0) is 6.54 Å². The van der Waals surface area contributed by atoms with Gasteiger partial charge in [-0.15, -0.1) is 11.3 Å². The minimum Gasteiger partial charge on any atom is -0.312 e. The Labute approximate surface area is 145 Å². The van der Waals surface area contributed by atoms with Gasteiger partial charge in [-0.3, -0.25) is 4.98 Å². The van der Waals surface area contributed by atoms with Crippen LogP contribution >= 0.6 is 11.3 Å². The molecule has 0 atom stereocenters. The molecule has 2 aromatic rings. The lowest BCUT2D eigenvalue weighted by Crippen LogP contribution is -2.13. The molecule has 0 radical (unpaired) electrons. The van der Waals surface area contributed by atoms with E-state index in [0.29, 0.717) is 0 Å². The molecule has 0 spiro atoms. The molecule has 0 unspecified atom stereocenters. The molecule has 0 aromatic carbocycles. The molecule has 0 bridgehead atoms. The van der Waals surface area contributed by atoms with Gasteiger partial charge in [0.25, 0.3) is 0 Å². The van der Waals surface area contributed by atoms with Gasteiger partial charge in [0.1, 0.15) is 0 Å². The first-order valence-electron chi connectivity index (χ1n) is 9.11. The van der Waals surface area contributed by atoms with Gasteiger partial charge in [-0.1, -0.05) is 57.9 Å². The van der Waals surface area contributed by atoms with Crippen LogP contribution in [0.4, 0.5) is 0 Å². The number of unbranched alkanes of at least 4 members (excludes halogenated alkanes) is 7. The third kappa shape index (κ3) is 7.28. The van der Waals surface area contributed by atoms with Crippen LogP contribution in [0.3, 0.4) is 0 Å². The van der Waals surface area contributed by atoms with Crippen LogP contribution in [0.1, 0.15) is 63.2 Å². The van der Waals surface area contributed by atoms with Crippen molar-refractivity contribution in [3.63, 3.8) is 0 Å². The molecule has 23 heavy (non-hydrogen) atoms. The minimum atomic E-state index is 0.980. The Bertz CT molecular complexity index is 521. The third-order valence-corrected chi connectivity index (χ3v) is 5.19. The van der Waals surface area contributed by atoms with Gasteiger partial charge in [0.2, 0.25) is 0 Å². The highest BCUT2D eigenvalue weighted by Crippen LogP contribution is 2.26. The second kappa shape index (κ2) is 11.4. The zero-order valence-electron chi connectivity index (χ0n) is 14.4. The first-order chi connectivity index (χ1) is 11.4. The van der Waals surface area contributed by atoms with Crippen LogP contribution in [0.15, 0.2) is 36.5 Å². The van der Waals surface area contributed by atoms with Crippen molar-refractivity contribution in [2.75, 3.05) is 6.54 Å². The van der Waals surface area contributed by atoms with Crippen molar-refractivity contribution < 1.29 is 0 Å². The van der Waals surface area contributed by atoms with Crippen molar-refractivity contribution in [2.24, 2.45) is 0 Å². The molecule has 3 heteroatoms. The maximum atomic E-state index is 4.41. The smallest absolute Gasteiger partial charge is 0.0801 e. The number of hydrogen-bond donors (Lipinski definition) is 1. The Kier molecular flexibility index (Phi) is 8.97. The second-order valence-corrected chi connectivity index (χ2v) is 7.30. The number of hydrogen-bond acceptors (Lipinski definition) is 3. The predicted octanol–water partition coefficient (Wildman–Crippen LogP) is 6.04. The molecule has 2 rings (SSSR count). The third-order valence-electron chi connectivity index (χ3n) is 4.09. The van der Waals surface area contributed by atoms with Gasteiger partial charge in [-0.05, 0) is 37.2 Å². The molecule has 2 nitrogen and oxygen atoms in total. The first-order valence-corrected chi connectivity index (χ1v) is 9.92. The molecule has 0 saturated heterocycles. The van der Waals surface area contributed by atoms with Gasteiger partial charge in [0.15, 0.2) is 0 Å². The second-order valence-electron chi connectivity index (χ2n) is 6.13. The topological polar surface area (TPSA) is 24.9 Å². The number of pyridine rings is 1. The van der Waals surface area contributed by atoms with E-state index in [0.717, 1.165) is 18.8 Å². The van der Waals surface area contributed by atoms with Gasteiger partial charge in [0.05, 0.1) is 10.6 Å². The van der Waals surface area contributed by atoms with E-state index < -0.39 is 0 Å². The molecule has 0 aliphatic rings. The number of nitrogens with one attached hydrogen (secondary N) is 1. The summed E-state index contributed by atoms with van der Waals surface area (Å²) in [5.74, 6) is 0. The van der Waals surface area contributed by atoms with Crippen molar-refractivity contribution in [1.82, 2.24) is 10.3 Å². The maximum Gasteiger partial charge on any atom is 0.0801 e. The summed E-state index contributed by atoms with van der Waals surface area (Å²) in [6.45, 7) is 4.39. The van der Waals surface area contributed by atoms with E-state index in [4.69, 9.17) is 0 Å². The number of nitrogens with zero attached hydrogens (tertiary/aromatic N) is 1. The number of aromatic nitrogens is 1. The molecule has 0 fully saturated rings. The molecular formula is C20H30N2S. The quantitative estimate of drug-likeness (QED) is 0.480. The van der Waals surface area contributed by atoms with E-state index in [1.807, 2.05) is 29.7 Å². The van der Waals surface area contributed by atoms with Crippen LogP contribution in [0.25, 0.3) is 10.6 Å². The van der Waals surface area contributed by atoms with E-state index in [9.17, 15) is 0 Å². The molecule has 2 heterocycles. The van der Waals surface area contributed by atoms with Crippen LogP contribution in [0.2, 0.25) is 0 Å². The minimum absolute atomic E-state index is 0.980. The predicted molar refractivity (Wildman–Crippen MR) is 102 cm³/mol. The van der Waals surface area contributed by atoms with E-state index in [-0.39, 0.29) is 0 Å². The summed E-state index contributed by atoms with van der Waals surface area (Å²) in [5.41, 5.74) is 1.08. The average molecular weight is 331 g/mol. The Balaban J connectivity index is 1.53. The zero-order chi connectivity index (χ0) is 16.2. The summed E-state index contributed by atoms with van der Waals surface area (Å²) in [4.78, 5) is 7.06. The van der Waals surface area contributed by atoms with Gasteiger partial charge >= 0.3 is 0 Å². The summed E-state index contributed by atoms with van der Waals surface area (Å²) in [7, 11) is 0. The highest BCUT2D eigenvalue weighted by atomic mass is 32.1. The standard InChI is InChI=1S/C20H30N2S/c1-2-3-4-5-6-7-8-10-15-21-17-18-13-14-20(23-18)19-12-9-11-16-22-19/h9,11-14,16,21H,2-8,10,15,17H2,1H3. The highest BCUT2D eigenvalue weighted by Gasteiger charge is 2.03. The lowest BCUT2D eigenvalue weighted by Gasteiger charge is -2.03. The lowest BCUT2D eigenvalue weighted by molar-refractivity contribution is 0.556. The Morgan fingerprint density at radius 3 is 2.43 bits per heavy atom. The van der Waals surface area contributed by atoms with Crippen molar-refractivity contribution in [3.8, 4) is 10.6 Å². The molecule has 0 amide bonds. The molecule has 126 valence electrons. The van der Waals surface area contributed by atoms with Crippen LogP contribution in [0, 0.1) is 0 Å². The number of rotatable bonds is 12. The molecule has 1 N–H and O–H groups in total. The monoisotopic (exact) mass is 330 g/mol. The molecule has 0 aliphatic carbocycles. The van der Waals surface area contributed by atoms with Gasteiger partial charge in [-0.2, -0.15) is 0 Å². The van der Waals surface area contributed by atoms with Crippen molar-refractivity contribution in [2.45, 2.75) is 64.8 Å². The first kappa shape index (κ1) is 18.2. The van der Waals surface area contributed by atoms with E-state index in [1.165, 1.54) is 61.1 Å². The highest BCUT2D eigenvalue weighted by molar-refractivity contribution is 7.15. The van der Waals surface area contributed by atoms with Gasteiger partial charge < -0.3 is 5.32 Å². The van der Waals surface area contributed by atoms with Crippen LogP contribution < -0.4 is 5.32 Å². The largest absolute Gasteiger partial charge is 0.312 e. The average Bonchev–Trinajstić information content (AvgIpc) is 3.06. The Hall–Kier alpha value is -1.19. The summed E-state index contributed by atoms with van der Waals surface area (Å²) in [6, 6.07) is 10.5. The summed E-state index contributed by atoms with van der Waals surface area (Å²) >= 11 is 1.84. The van der Waals surface area contributed by atoms with E-state index in [1.54, 1.807) is 0 Å². The van der Waals surface area contributed by atoms with Crippen molar-refractivity contribution >= 4 is 11.3 Å². The fourth-order valence-corrected chi connectivity index (χ4v) is 3.67.